The number of aliphatic hydroxyl groups is 1. The zero-order chi connectivity index (χ0) is 20.5. The van der Waals surface area contributed by atoms with Crippen molar-refractivity contribution < 1.29 is 14.6 Å². The van der Waals surface area contributed by atoms with Gasteiger partial charge < -0.3 is 9.84 Å². The molecule has 3 nitrogen and oxygen atoms in total. The van der Waals surface area contributed by atoms with Gasteiger partial charge >= 0.3 is 5.97 Å². The van der Waals surface area contributed by atoms with Crippen molar-refractivity contribution in [3.63, 3.8) is 0 Å². The molecule has 3 aromatic rings. The molecule has 1 N–H and O–H groups in total. The van der Waals surface area contributed by atoms with Crippen LogP contribution in [0.15, 0.2) is 91.0 Å². The van der Waals surface area contributed by atoms with Crippen molar-refractivity contribution in [2.24, 2.45) is 0 Å². The lowest BCUT2D eigenvalue weighted by molar-refractivity contribution is -0.141. The molecule has 0 saturated carbocycles. The van der Waals surface area contributed by atoms with Crippen LogP contribution in [-0.4, -0.2) is 23.4 Å². The third kappa shape index (κ3) is 5.96. The molecule has 4 heteroatoms. The summed E-state index contributed by atoms with van der Waals surface area (Å²) in [6.45, 7) is 0. The Bertz CT molecular complexity index is 868. The lowest BCUT2D eigenvalue weighted by Crippen LogP contribution is -2.26. The molecule has 0 aliphatic rings. The Kier molecular flexibility index (Phi) is 7.91. The Labute approximate surface area is 176 Å². The summed E-state index contributed by atoms with van der Waals surface area (Å²) in [6.07, 6.45) is -0.489. The highest BCUT2D eigenvalue weighted by Gasteiger charge is 2.33. The standard InChI is InChI=1S/C25H26O3S/c1-28-23(26)17-22(20-13-7-3-8-14-20)25(24(27)21-15-9-4-10-16-21)29-18-19-11-5-2-6-12-19/h2-16,22,24-25,27H,17-18H2,1H3/t22-,24-,25+/m1/s1. The van der Waals surface area contributed by atoms with E-state index in [0.29, 0.717) is 0 Å². The summed E-state index contributed by atoms with van der Waals surface area (Å²) in [6, 6.07) is 29.8. The molecule has 3 aromatic carbocycles. The maximum absolute atomic E-state index is 12.2. The minimum absolute atomic E-state index is 0.174. The third-order valence-corrected chi connectivity index (χ3v) is 6.45. The van der Waals surface area contributed by atoms with E-state index < -0.39 is 6.10 Å². The number of thioether (sulfide) groups is 1. The lowest BCUT2D eigenvalue weighted by Gasteiger charge is -2.31. The van der Waals surface area contributed by atoms with Gasteiger partial charge in [0.1, 0.15) is 0 Å². The highest BCUT2D eigenvalue weighted by atomic mass is 32.2. The van der Waals surface area contributed by atoms with Crippen LogP contribution in [0.2, 0.25) is 0 Å². The van der Waals surface area contributed by atoms with Crippen LogP contribution >= 0.6 is 11.8 Å². The van der Waals surface area contributed by atoms with Gasteiger partial charge in [-0.3, -0.25) is 4.79 Å². The number of ether oxygens (including phenoxy) is 1. The van der Waals surface area contributed by atoms with Gasteiger partial charge in [0.2, 0.25) is 0 Å². The first-order valence-corrected chi connectivity index (χ1v) is 10.7. The maximum atomic E-state index is 12.2. The molecular weight excluding hydrogens is 380 g/mol. The van der Waals surface area contributed by atoms with Crippen molar-refractivity contribution in [3.8, 4) is 0 Å². The van der Waals surface area contributed by atoms with E-state index in [4.69, 9.17) is 4.74 Å². The van der Waals surface area contributed by atoms with Gasteiger partial charge in [0.25, 0.3) is 0 Å². The number of hydrogen-bond donors (Lipinski definition) is 1. The molecule has 29 heavy (non-hydrogen) atoms. The highest BCUT2D eigenvalue weighted by molar-refractivity contribution is 7.99. The van der Waals surface area contributed by atoms with E-state index in [1.54, 1.807) is 11.8 Å². The number of hydrogen-bond acceptors (Lipinski definition) is 4. The predicted octanol–water partition coefficient (Wildman–Crippen LogP) is 5.37. The first kappa shape index (κ1) is 21.2. The molecule has 3 rings (SSSR count). The Morgan fingerprint density at radius 1 is 0.862 bits per heavy atom. The molecule has 0 radical (unpaired) electrons. The van der Waals surface area contributed by atoms with Crippen molar-refractivity contribution in [1.82, 2.24) is 0 Å². The topological polar surface area (TPSA) is 46.5 Å². The van der Waals surface area contributed by atoms with Crippen LogP contribution in [-0.2, 0) is 15.3 Å². The first-order chi connectivity index (χ1) is 14.2. The fourth-order valence-electron chi connectivity index (χ4n) is 3.42. The zero-order valence-electron chi connectivity index (χ0n) is 16.5. The smallest absolute Gasteiger partial charge is 0.306 e. The van der Waals surface area contributed by atoms with Gasteiger partial charge in [0, 0.05) is 16.9 Å². The number of esters is 1. The second-order valence-electron chi connectivity index (χ2n) is 6.91. The van der Waals surface area contributed by atoms with Gasteiger partial charge in [-0.2, -0.15) is 11.8 Å². The van der Waals surface area contributed by atoms with E-state index in [0.717, 1.165) is 16.9 Å². The van der Waals surface area contributed by atoms with Crippen LogP contribution in [0.4, 0.5) is 0 Å². The quantitative estimate of drug-likeness (QED) is 0.485. The largest absolute Gasteiger partial charge is 0.469 e. The summed E-state index contributed by atoms with van der Waals surface area (Å²) in [4.78, 5) is 12.2. The molecular formula is C25H26O3S. The number of benzene rings is 3. The van der Waals surface area contributed by atoms with Crippen LogP contribution < -0.4 is 0 Å². The molecule has 150 valence electrons. The summed E-state index contributed by atoms with van der Waals surface area (Å²) in [5.74, 6) is 0.303. The number of carbonyl (C=O) groups excluding carboxylic acids is 1. The molecule has 0 aromatic heterocycles. The molecule has 0 aliphatic carbocycles. The van der Waals surface area contributed by atoms with Crippen LogP contribution in [0.1, 0.15) is 35.1 Å². The number of carbonyl (C=O) groups is 1. The summed E-state index contributed by atoms with van der Waals surface area (Å²) in [7, 11) is 1.41. The van der Waals surface area contributed by atoms with Crippen LogP contribution in [0, 0.1) is 0 Å². The summed E-state index contributed by atoms with van der Waals surface area (Å²) in [5, 5.41) is 11.1. The minimum Gasteiger partial charge on any atom is -0.469 e. The van der Waals surface area contributed by atoms with Crippen LogP contribution in [0.3, 0.4) is 0 Å². The van der Waals surface area contributed by atoms with Crippen LogP contribution in [0.5, 0.6) is 0 Å². The Morgan fingerprint density at radius 2 is 1.38 bits per heavy atom. The monoisotopic (exact) mass is 406 g/mol. The molecule has 0 unspecified atom stereocenters. The average Bonchev–Trinajstić information content (AvgIpc) is 2.80. The second-order valence-corrected chi connectivity index (χ2v) is 8.08. The van der Waals surface area contributed by atoms with E-state index in [1.807, 2.05) is 78.9 Å². The third-order valence-electron chi connectivity index (χ3n) is 4.98. The Morgan fingerprint density at radius 3 is 1.93 bits per heavy atom. The minimum atomic E-state index is -0.709. The molecule has 0 bridgehead atoms. The molecule has 0 saturated heterocycles. The number of rotatable bonds is 9. The molecule has 0 heterocycles. The lowest BCUT2D eigenvalue weighted by atomic mass is 9.87. The van der Waals surface area contributed by atoms with Crippen LogP contribution in [0.25, 0.3) is 0 Å². The highest BCUT2D eigenvalue weighted by Crippen LogP contribution is 2.41. The summed E-state index contributed by atoms with van der Waals surface area (Å²) in [5.41, 5.74) is 3.06. The van der Waals surface area contributed by atoms with Gasteiger partial charge in [-0.15, -0.1) is 0 Å². The number of methoxy groups -OCH3 is 1. The Hall–Kier alpha value is -2.56. The van der Waals surface area contributed by atoms with E-state index in [2.05, 4.69) is 12.1 Å². The zero-order valence-corrected chi connectivity index (χ0v) is 17.3. The van der Waals surface area contributed by atoms with Crippen molar-refractivity contribution in [2.45, 2.75) is 29.4 Å². The Balaban J connectivity index is 1.94. The van der Waals surface area contributed by atoms with Gasteiger partial charge in [-0.05, 0) is 16.7 Å². The fraction of sp³-hybridized carbons (Fsp3) is 0.240. The summed E-state index contributed by atoms with van der Waals surface area (Å²) < 4.78 is 4.97. The second kappa shape index (κ2) is 10.8. The van der Waals surface area contributed by atoms with Crippen molar-refractivity contribution in [2.75, 3.05) is 7.11 Å². The van der Waals surface area contributed by atoms with E-state index >= 15 is 0 Å². The number of aliphatic hydroxyl groups excluding tert-OH is 1. The van der Waals surface area contributed by atoms with Crippen molar-refractivity contribution >= 4 is 17.7 Å². The molecule has 0 spiro atoms. The van der Waals surface area contributed by atoms with Crippen molar-refractivity contribution in [1.29, 1.82) is 0 Å². The van der Waals surface area contributed by atoms with E-state index in [9.17, 15) is 9.90 Å². The van der Waals surface area contributed by atoms with Gasteiger partial charge in [0.15, 0.2) is 0 Å². The fourth-order valence-corrected chi connectivity index (χ4v) is 4.82. The van der Waals surface area contributed by atoms with Gasteiger partial charge in [0.05, 0.1) is 19.6 Å². The van der Waals surface area contributed by atoms with E-state index in [-0.39, 0.29) is 23.6 Å². The van der Waals surface area contributed by atoms with E-state index in [1.165, 1.54) is 12.7 Å². The first-order valence-electron chi connectivity index (χ1n) is 9.69. The molecule has 0 fully saturated rings. The molecule has 0 amide bonds. The van der Waals surface area contributed by atoms with Gasteiger partial charge in [-0.1, -0.05) is 91.0 Å². The van der Waals surface area contributed by atoms with Crippen molar-refractivity contribution in [3.05, 3.63) is 108 Å². The average molecular weight is 407 g/mol. The molecule has 3 atom stereocenters. The van der Waals surface area contributed by atoms with Gasteiger partial charge in [-0.25, -0.2) is 0 Å². The molecule has 0 aliphatic heterocycles. The normalized spacial score (nSPS) is 14.0. The predicted molar refractivity (Wildman–Crippen MR) is 119 cm³/mol. The summed E-state index contributed by atoms with van der Waals surface area (Å²) >= 11 is 1.68. The SMILES string of the molecule is COC(=O)C[C@H](c1ccccc1)[C@H](SCc1ccccc1)[C@H](O)c1ccccc1. The maximum Gasteiger partial charge on any atom is 0.306 e.